The number of anilines is 3. The van der Waals surface area contributed by atoms with Gasteiger partial charge in [-0.15, -0.1) is 0 Å². The molecule has 0 aliphatic carbocycles. The summed E-state index contributed by atoms with van der Waals surface area (Å²) in [6.07, 6.45) is 4.69. The number of nitrogens with zero attached hydrogens (tertiary/aromatic N) is 3. The number of benzene rings is 1. The molecule has 0 amide bonds. The van der Waals surface area contributed by atoms with Crippen LogP contribution in [0.5, 0.6) is 0 Å². The summed E-state index contributed by atoms with van der Waals surface area (Å²) in [6.45, 7) is 4.08. The van der Waals surface area contributed by atoms with Gasteiger partial charge in [0.2, 0.25) is 0 Å². The van der Waals surface area contributed by atoms with Gasteiger partial charge >= 0.3 is 0 Å². The van der Waals surface area contributed by atoms with Crippen molar-refractivity contribution < 1.29 is 0 Å². The fourth-order valence-electron chi connectivity index (χ4n) is 2.51. The molecule has 0 saturated heterocycles. The highest BCUT2D eigenvalue weighted by molar-refractivity contribution is 5.92. The highest BCUT2D eigenvalue weighted by Crippen LogP contribution is 2.28. The van der Waals surface area contributed by atoms with Crippen LogP contribution in [0.1, 0.15) is 16.7 Å². The molecule has 0 radical (unpaired) electrons. The summed E-state index contributed by atoms with van der Waals surface area (Å²) in [5, 5.41) is 14.2. The van der Waals surface area contributed by atoms with Gasteiger partial charge in [-0.05, 0) is 43.2 Å². The predicted octanol–water partition coefficient (Wildman–Crippen LogP) is 3.94. The van der Waals surface area contributed by atoms with E-state index in [-0.39, 0.29) is 0 Å². The standard InChI is InChI=1S/C19H20N6/c1-12-6-7-13(2)16(9-12)23-19-15(10-20)18(21-3)24-17(25-19)14-5-4-8-22-11-14/h4-11,20H,1-3H3,(H2,21,23,24,25). The third-order valence-corrected chi connectivity index (χ3v) is 3.89. The Morgan fingerprint density at radius 2 is 1.88 bits per heavy atom. The molecule has 0 bridgehead atoms. The molecule has 3 N–H and O–H groups in total. The third-order valence-electron chi connectivity index (χ3n) is 3.89. The number of aromatic nitrogens is 3. The van der Waals surface area contributed by atoms with Crippen LogP contribution in [0.3, 0.4) is 0 Å². The Morgan fingerprint density at radius 3 is 2.56 bits per heavy atom. The average molecular weight is 332 g/mol. The van der Waals surface area contributed by atoms with E-state index < -0.39 is 0 Å². The van der Waals surface area contributed by atoms with Crippen LogP contribution in [-0.2, 0) is 0 Å². The zero-order valence-electron chi connectivity index (χ0n) is 14.5. The topological polar surface area (TPSA) is 86.6 Å². The summed E-state index contributed by atoms with van der Waals surface area (Å²) in [7, 11) is 1.78. The summed E-state index contributed by atoms with van der Waals surface area (Å²) < 4.78 is 0. The monoisotopic (exact) mass is 332 g/mol. The minimum absolute atomic E-state index is 0.552. The minimum Gasteiger partial charge on any atom is -0.372 e. The first-order valence-corrected chi connectivity index (χ1v) is 7.97. The number of pyridine rings is 1. The maximum Gasteiger partial charge on any atom is 0.165 e. The van der Waals surface area contributed by atoms with Gasteiger partial charge in [0, 0.05) is 36.9 Å². The molecule has 3 aromatic rings. The van der Waals surface area contributed by atoms with Gasteiger partial charge in [0.15, 0.2) is 5.82 Å². The first kappa shape index (κ1) is 16.6. The molecule has 3 rings (SSSR count). The van der Waals surface area contributed by atoms with E-state index in [1.54, 1.807) is 19.4 Å². The van der Waals surface area contributed by atoms with E-state index in [0.29, 0.717) is 23.0 Å². The molecule has 0 saturated carbocycles. The lowest BCUT2D eigenvalue weighted by molar-refractivity contribution is 1.15. The fourth-order valence-corrected chi connectivity index (χ4v) is 2.51. The first-order valence-electron chi connectivity index (χ1n) is 7.97. The smallest absolute Gasteiger partial charge is 0.165 e. The van der Waals surface area contributed by atoms with Crippen molar-refractivity contribution in [1.82, 2.24) is 15.0 Å². The maximum absolute atomic E-state index is 7.77. The SMILES string of the molecule is CNc1nc(-c2cccnc2)nc(Nc2cc(C)ccc2C)c1C=N. The second-order valence-corrected chi connectivity index (χ2v) is 5.74. The van der Waals surface area contributed by atoms with Crippen molar-refractivity contribution in [3.63, 3.8) is 0 Å². The average Bonchev–Trinajstić information content (AvgIpc) is 2.64. The van der Waals surface area contributed by atoms with Crippen molar-refractivity contribution in [2.75, 3.05) is 17.7 Å². The van der Waals surface area contributed by atoms with Crippen LogP contribution in [-0.4, -0.2) is 28.2 Å². The number of aryl methyl sites for hydroxylation is 2. The lowest BCUT2D eigenvalue weighted by Gasteiger charge is -2.15. The Hall–Kier alpha value is -3.28. The van der Waals surface area contributed by atoms with Crippen LogP contribution in [0.2, 0.25) is 0 Å². The minimum atomic E-state index is 0.552. The molecule has 0 unspecified atom stereocenters. The molecule has 1 aromatic carbocycles. The van der Waals surface area contributed by atoms with E-state index in [4.69, 9.17) is 5.41 Å². The van der Waals surface area contributed by atoms with Crippen LogP contribution in [0.25, 0.3) is 11.4 Å². The second-order valence-electron chi connectivity index (χ2n) is 5.74. The Balaban J connectivity index is 2.13. The van der Waals surface area contributed by atoms with Crippen molar-refractivity contribution in [3.05, 3.63) is 59.4 Å². The van der Waals surface area contributed by atoms with Gasteiger partial charge in [0.25, 0.3) is 0 Å². The Kier molecular flexibility index (Phi) is 4.70. The van der Waals surface area contributed by atoms with E-state index in [1.807, 2.05) is 26.0 Å². The molecule has 126 valence electrons. The quantitative estimate of drug-likeness (QED) is 0.616. The van der Waals surface area contributed by atoms with E-state index in [2.05, 4.69) is 43.8 Å². The highest BCUT2D eigenvalue weighted by atomic mass is 15.1. The van der Waals surface area contributed by atoms with Gasteiger partial charge < -0.3 is 16.0 Å². The summed E-state index contributed by atoms with van der Waals surface area (Å²) in [5.74, 6) is 1.73. The van der Waals surface area contributed by atoms with E-state index in [0.717, 1.165) is 22.4 Å². The number of rotatable bonds is 5. The number of hydrogen-bond acceptors (Lipinski definition) is 6. The van der Waals surface area contributed by atoms with Crippen LogP contribution in [0.15, 0.2) is 42.7 Å². The van der Waals surface area contributed by atoms with Crippen molar-refractivity contribution in [2.24, 2.45) is 0 Å². The normalized spacial score (nSPS) is 10.4. The van der Waals surface area contributed by atoms with Gasteiger partial charge in [0.1, 0.15) is 11.6 Å². The molecule has 2 aromatic heterocycles. The molecular formula is C19H20N6. The summed E-state index contributed by atoms with van der Waals surface area (Å²) in [6, 6.07) is 9.95. The molecule has 6 nitrogen and oxygen atoms in total. The predicted molar refractivity (Wildman–Crippen MR) is 102 cm³/mol. The van der Waals surface area contributed by atoms with Gasteiger partial charge in [0.05, 0.1) is 5.56 Å². The summed E-state index contributed by atoms with van der Waals surface area (Å²) in [4.78, 5) is 13.3. The van der Waals surface area contributed by atoms with Crippen molar-refractivity contribution in [2.45, 2.75) is 13.8 Å². The lowest BCUT2D eigenvalue weighted by Crippen LogP contribution is -2.08. The molecule has 0 aliphatic heterocycles. The lowest BCUT2D eigenvalue weighted by atomic mass is 10.1. The molecule has 2 heterocycles. The molecule has 6 heteroatoms. The first-order chi connectivity index (χ1) is 12.1. The molecule has 0 aliphatic rings. The molecule has 0 spiro atoms. The van der Waals surface area contributed by atoms with Crippen molar-refractivity contribution in [3.8, 4) is 11.4 Å². The van der Waals surface area contributed by atoms with Gasteiger partial charge in [-0.3, -0.25) is 4.98 Å². The molecule has 0 fully saturated rings. The van der Waals surface area contributed by atoms with Crippen molar-refractivity contribution >= 4 is 23.5 Å². The molecular weight excluding hydrogens is 312 g/mol. The van der Waals surface area contributed by atoms with Gasteiger partial charge in [-0.1, -0.05) is 12.1 Å². The number of hydrogen-bond donors (Lipinski definition) is 3. The van der Waals surface area contributed by atoms with E-state index in [1.165, 1.54) is 6.21 Å². The van der Waals surface area contributed by atoms with Gasteiger partial charge in [-0.25, -0.2) is 9.97 Å². The molecule has 25 heavy (non-hydrogen) atoms. The third kappa shape index (κ3) is 3.47. The Morgan fingerprint density at radius 1 is 1.08 bits per heavy atom. The van der Waals surface area contributed by atoms with Crippen LogP contribution in [0, 0.1) is 19.3 Å². The summed E-state index contributed by atoms with van der Waals surface area (Å²) >= 11 is 0. The van der Waals surface area contributed by atoms with Gasteiger partial charge in [-0.2, -0.15) is 0 Å². The number of nitrogens with one attached hydrogen (secondary N) is 3. The van der Waals surface area contributed by atoms with Crippen LogP contribution < -0.4 is 10.6 Å². The fraction of sp³-hybridized carbons (Fsp3) is 0.158. The highest BCUT2D eigenvalue weighted by Gasteiger charge is 2.14. The molecule has 0 atom stereocenters. The zero-order chi connectivity index (χ0) is 17.8. The van der Waals surface area contributed by atoms with E-state index >= 15 is 0 Å². The van der Waals surface area contributed by atoms with E-state index in [9.17, 15) is 0 Å². The Bertz CT molecular complexity index is 905. The summed E-state index contributed by atoms with van der Waals surface area (Å²) in [5.41, 5.74) is 4.64. The maximum atomic E-state index is 7.77. The zero-order valence-corrected chi connectivity index (χ0v) is 14.5. The van der Waals surface area contributed by atoms with Crippen LogP contribution in [0.4, 0.5) is 17.3 Å². The second kappa shape index (κ2) is 7.09. The van der Waals surface area contributed by atoms with Crippen LogP contribution >= 0.6 is 0 Å². The Labute approximate surface area is 146 Å². The van der Waals surface area contributed by atoms with Crippen molar-refractivity contribution in [1.29, 1.82) is 5.41 Å². The largest absolute Gasteiger partial charge is 0.372 e.